The molecule has 2 heterocycles. The molecule has 0 spiro atoms. The Kier molecular flexibility index (Phi) is 5.32. The molecule has 30 heavy (non-hydrogen) atoms. The summed E-state index contributed by atoms with van der Waals surface area (Å²) in [5.41, 5.74) is 2.51. The number of para-hydroxylation sites is 1. The van der Waals surface area contributed by atoms with Gasteiger partial charge in [0.1, 0.15) is 0 Å². The molecular formula is C22H20F3N3O2. The van der Waals surface area contributed by atoms with Crippen molar-refractivity contribution in [1.82, 2.24) is 15.3 Å². The second-order valence-electron chi connectivity index (χ2n) is 7.44. The van der Waals surface area contributed by atoms with Gasteiger partial charge in [0, 0.05) is 35.2 Å². The number of halogens is 3. The Morgan fingerprint density at radius 2 is 2.00 bits per heavy atom. The third-order valence-corrected chi connectivity index (χ3v) is 5.13. The highest BCUT2D eigenvalue weighted by Crippen LogP contribution is 2.47. The van der Waals surface area contributed by atoms with E-state index < -0.39 is 12.8 Å². The summed E-state index contributed by atoms with van der Waals surface area (Å²) in [7, 11) is 0. The monoisotopic (exact) mass is 415 g/mol. The van der Waals surface area contributed by atoms with Gasteiger partial charge in [-0.25, -0.2) is 4.98 Å². The number of nitrogens with one attached hydrogen (secondary N) is 1. The molecule has 1 aliphatic carbocycles. The first kappa shape index (κ1) is 20.1. The van der Waals surface area contributed by atoms with Crippen molar-refractivity contribution in [3.63, 3.8) is 0 Å². The number of hydrogen-bond acceptors (Lipinski definition) is 4. The van der Waals surface area contributed by atoms with Gasteiger partial charge in [-0.05, 0) is 31.0 Å². The van der Waals surface area contributed by atoms with Crippen LogP contribution in [0.25, 0.3) is 10.9 Å². The number of aromatic nitrogens is 2. The predicted octanol–water partition coefficient (Wildman–Crippen LogP) is 4.55. The van der Waals surface area contributed by atoms with E-state index in [-0.39, 0.29) is 29.7 Å². The summed E-state index contributed by atoms with van der Waals surface area (Å²) in [6, 6.07) is 14.5. The highest BCUT2D eigenvalue weighted by molar-refractivity contribution is 5.84. The minimum atomic E-state index is -4.41. The first-order valence-electron chi connectivity index (χ1n) is 9.62. The number of amides is 1. The van der Waals surface area contributed by atoms with Crippen molar-refractivity contribution < 1.29 is 22.7 Å². The third-order valence-electron chi connectivity index (χ3n) is 5.13. The zero-order valence-corrected chi connectivity index (χ0v) is 16.2. The average Bonchev–Trinajstić information content (AvgIpc) is 3.53. The molecule has 8 heteroatoms. The van der Waals surface area contributed by atoms with Gasteiger partial charge in [-0.1, -0.05) is 30.3 Å². The summed E-state index contributed by atoms with van der Waals surface area (Å²) < 4.78 is 41.2. The van der Waals surface area contributed by atoms with Gasteiger partial charge in [0.15, 0.2) is 6.61 Å². The lowest BCUT2D eigenvalue weighted by Crippen LogP contribution is -2.28. The second-order valence-corrected chi connectivity index (χ2v) is 7.44. The van der Waals surface area contributed by atoms with Crippen LogP contribution in [0, 0.1) is 5.92 Å². The summed E-state index contributed by atoms with van der Waals surface area (Å²) in [5, 5.41) is 4.00. The Balaban J connectivity index is 1.33. The Bertz CT molecular complexity index is 1050. The predicted molar refractivity (Wildman–Crippen MR) is 105 cm³/mol. The van der Waals surface area contributed by atoms with Crippen molar-refractivity contribution in [2.24, 2.45) is 5.92 Å². The Hall–Kier alpha value is -3.16. The van der Waals surface area contributed by atoms with Gasteiger partial charge in [0.2, 0.25) is 11.8 Å². The molecule has 4 rings (SSSR count). The highest BCUT2D eigenvalue weighted by Gasteiger charge is 2.45. The van der Waals surface area contributed by atoms with Gasteiger partial charge < -0.3 is 10.1 Å². The number of rotatable bonds is 6. The third kappa shape index (κ3) is 4.69. The highest BCUT2D eigenvalue weighted by atomic mass is 19.4. The lowest BCUT2D eigenvalue weighted by atomic mass is 10.1. The zero-order chi connectivity index (χ0) is 21.3. The smallest absolute Gasteiger partial charge is 0.422 e. The largest absolute Gasteiger partial charge is 0.468 e. The first-order valence-corrected chi connectivity index (χ1v) is 9.62. The van der Waals surface area contributed by atoms with Gasteiger partial charge >= 0.3 is 6.18 Å². The van der Waals surface area contributed by atoms with Gasteiger partial charge in [0.05, 0.1) is 11.6 Å². The molecule has 1 amide bonds. The molecule has 3 aromatic rings. The van der Waals surface area contributed by atoms with Crippen molar-refractivity contribution >= 4 is 16.8 Å². The minimum absolute atomic E-state index is 0.0696. The van der Waals surface area contributed by atoms with Gasteiger partial charge in [-0.15, -0.1) is 0 Å². The summed E-state index contributed by atoms with van der Waals surface area (Å²) in [5.74, 6) is -0.222. The normalized spacial score (nSPS) is 19.3. The fraction of sp³-hybridized carbons (Fsp3) is 0.318. The van der Waals surface area contributed by atoms with Crippen LogP contribution < -0.4 is 10.1 Å². The van der Waals surface area contributed by atoms with Crippen molar-refractivity contribution in [2.75, 3.05) is 6.61 Å². The number of hydrogen-bond donors (Lipinski definition) is 1. The van der Waals surface area contributed by atoms with Gasteiger partial charge in [0.25, 0.3) is 0 Å². The van der Waals surface area contributed by atoms with Crippen LogP contribution in [-0.4, -0.2) is 28.7 Å². The van der Waals surface area contributed by atoms with Crippen LogP contribution >= 0.6 is 0 Å². The first-order chi connectivity index (χ1) is 14.3. The van der Waals surface area contributed by atoms with E-state index in [1.165, 1.54) is 12.3 Å². The van der Waals surface area contributed by atoms with E-state index in [0.29, 0.717) is 5.56 Å². The minimum Gasteiger partial charge on any atom is -0.468 e. The molecule has 1 aromatic carbocycles. The van der Waals surface area contributed by atoms with Crippen LogP contribution in [0.4, 0.5) is 13.2 Å². The Labute approximate surface area is 171 Å². The molecule has 1 N–H and O–H groups in total. The van der Waals surface area contributed by atoms with Crippen LogP contribution in [0.2, 0.25) is 0 Å². The van der Waals surface area contributed by atoms with Crippen LogP contribution in [-0.2, 0) is 4.79 Å². The second kappa shape index (κ2) is 7.93. The molecule has 156 valence electrons. The maximum atomic E-state index is 12.6. The molecule has 2 unspecified atom stereocenters. The van der Waals surface area contributed by atoms with E-state index in [4.69, 9.17) is 0 Å². The number of carbonyl (C=O) groups is 1. The van der Waals surface area contributed by atoms with Crippen molar-refractivity contribution in [2.45, 2.75) is 31.5 Å². The Morgan fingerprint density at radius 1 is 1.20 bits per heavy atom. The van der Waals surface area contributed by atoms with Gasteiger partial charge in [-0.3, -0.25) is 9.78 Å². The molecule has 0 aliphatic heterocycles. The molecule has 0 bridgehead atoms. The zero-order valence-electron chi connectivity index (χ0n) is 16.2. The number of pyridine rings is 2. The number of benzene rings is 1. The molecule has 3 atom stereocenters. The number of nitrogens with zero attached hydrogens (tertiary/aromatic N) is 2. The van der Waals surface area contributed by atoms with E-state index in [1.807, 2.05) is 36.4 Å². The van der Waals surface area contributed by atoms with E-state index >= 15 is 0 Å². The molecule has 1 saturated carbocycles. The number of ether oxygens (including phenoxy) is 1. The number of fused-ring (bicyclic) bond motifs is 1. The van der Waals surface area contributed by atoms with E-state index in [9.17, 15) is 18.0 Å². The summed E-state index contributed by atoms with van der Waals surface area (Å²) in [6.45, 7) is 0.411. The Morgan fingerprint density at radius 3 is 2.73 bits per heavy atom. The molecule has 0 radical (unpaired) electrons. The SMILES string of the molecule is C[C@@H](NC(=O)C1CC1c1ccc2ccccc2n1)c1ccc(OCC(F)(F)F)nc1. The molecule has 1 aliphatic rings. The van der Waals surface area contributed by atoms with Crippen molar-refractivity contribution in [3.05, 3.63) is 66.0 Å². The molecular weight excluding hydrogens is 395 g/mol. The standard InChI is InChI=1S/C22H20F3N3O2/c1-13(15-7-9-20(26-11-15)30-12-22(23,24)25)27-21(29)17-10-16(17)19-8-6-14-4-2-3-5-18(14)28-19/h2-9,11,13,16-17H,10,12H2,1H3,(H,27,29)/t13-,16?,17?/m1/s1. The van der Waals surface area contributed by atoms with E-state index in [2.05, 4.69) is 20.0 Å². The lowest BCUT2D eigenvalue weighted by Gasteiger charge is -2.15. The lowest BCUT2D eigenvalue weighted by molar-refractivity contribution is -0.154. The molecule has 0 saturated heterocycles. The number of carbonyl (C=O) groups excluding carboxylic acids is 1. The molecule has 5 nitrogen and oxygen atoms in total. The number of alkyl halides is 3. The molecule has 2 aromatic heterocycles. The summed E-state index contributed by atoms with van der Waals surface area (Å²) in [4.78, 5) is 21.2. The van der Waals surface area contributed by atoms with Crippen molar-refractivity contribution in [1.29, 1.82) is 0 Å². The van der Waals surface area contributed by atoms with E-state index in [0.717, 1.165) is 23.0 Å². The summed E-state index contributed by atoms with van der Waals surface area (Å²) in [6.07, 6.45) is -2.26. The van der Waals surface area contributed by atoms with Crippen LogP contribution in [0.3, 0.4) is 0 Å². The fourth-order valence-electron chi connectivity index (χ4n) is 3.39. The maximum Gasteiger partial charge on any atom is 0.422 e. The summed E-state index contributed by atoms with van der Waals surface area (Å²) >= 11 is 0. The topological polar surface area (TPSA) is 64.1 Å². The molecule has 1 fully saturated rings. The van der Waals surface area contributed by atoms with Crippen LogP contribution in [0.5, 0.6) is 5.88 Å². The quantitative estimate of drug-likeness (QED) is 0.642. The maximum absolute atomic E-state index is 12.6. The average molecular weight is 415 g/mol. The van der Waals surface area contributed by atoms with Crippen LogP contribution in [0.15, 0.2) is 54.7 Å². The van der Waals surface area contributed by atoms with E-state index in [1.54, 1.807) is 13.0 Å². The van der Waals surface area contributed by atoms with Gasteiger partial charge in [-0.2, -0.15) is 13.2 Å². The van der Waals surface area contributed by atoms with Crippen molar-refractivity contribution in [3.8, 4) is 5.88 Å². The fourth-order valence-corrected chi connectivity index (χ4v) is 3.39. The van der Waals surface area contributed by atoms with Crippen LogP contribution in [0.1, 0.15) is 36.6 Å².